The molecule has 1 aliphatic heterocycles. The molecule has 0 saturated heterocycles. The molecule has 0 radical (unpaired) electrons. The maximum Gasteiger partial charge on any atom is 0.521 e. The van der Waals surface area contributed by atoms with Gasteiger partial charge in [-0.05, 0) is 12.8 Å². The average molecular weight is 336 g/mol. The molecule has 0 N–H and O–H groups in total. The largest absolute Gasteiger partial charge is 0.521 e. The van der Waals surface area contributed by atoms with Crippen LogP contribution in [0.3, 0.4) is 0 Å². The summed E-state index contributed by atoms with van der Waals surface area (Å²) in [6.45, 7) is 9.75. The van der Waals surface area contributed by atoms with Crippen LogP contribution in [0.1, 0.15) is 53.4 Å². The standard InChI is InChI=1S/C15H33N2O4P/c1-7-9-11-19-22(18,20-12-10-8-2)21-17(6)13-14(3)16(5)15(17)4/h14H,7-13H2,1-6H3/q+2. The Morgan fingerprint density at radius 1 is 1.23 bits per heavy atom. The first-order valence-electron chi connectivity index (χ1n) is 8.31. The van der Waals surface area contributed by atoms with Crippen molar-refractivity contribution in [3.05, 3.63) is 0 Å². The lowest BCUT2D eigenvalue weighted by molar-refractivity contribution is -0.992. The number of phosphoric acid groups is 1. The molecule has 22 heavy (non-hydrogen) atoms. The lowest BCUT2D eigenvalue weighted by Crippen LogP contribution is -2.46. The number of amidine groups is 1. The Morgan fingerprint density at radius 3 is 2.09 bits per heavy atom. The quantitative estimate of drug-likeness (QED) is 0.265. The van der Waals surface area contributed by atoms with Gasteiger partial charge in [0.15, 0.2) is 6.54 Å². The van der Waals surface area contributed by atoms with Gasteiger partial charge in [0.1, 0.15) is 14.1 Å². The van der Waals surface area contributed by atoms with Crippen molar-refractivity contribution in [3.63, 3.8) is 0 Å². The summed E-state index contributed by atoms with van der Waals surface area (Å²) < 4.78 is 32.2. The molecule has 0 aromatic heterocycles. The molecule has 1 aliphatic rings. The minimum atomic E-state index is -3.56. The second kappa shape index (κ2) is 8.55. The van der Waals surface area contributed by atoms with Crippen molar-refractivity contribution in [1.82, 2.24) is 0 Å². The van der Waals surface area contributed by atoms with Crippen LogP contribution >= 0.6 is 7.82 Å². The van der Waals surface area contributed by atoms with E-state index in [0.717, 1.165) is 38.1 Å². The zero-order valence-electron chi connectivity index (χ0n) is 15.0. The van der Waals surface area contributed by atoms with Gasteiger partial charge in [-0.1, -0.05) is 36.0 Å². The van der Waals surface area contributed by atoms with Crippen LogP contribution < -0.4 is 0 Å². The van der Waals surface area contributed by atoms with E-state index in [9.17, 15) is 4.57 Å². The number of rotatable bonds is 10. The van der Waals surface area contributed by atoms with E-state index in [1.807, 2.05) is 21.0 Å². The molecule has 0 aliphatic carbocycles. The van der Waals surface area contributed by atoms with Gasteiger partial charge in [0, 0.05) is 6.92 Å². The number of hydroxylamine groups is 3. The van der Waals surface area contributed by atoms with Crippen molar-refractivity contribution in [2.75, 3.05) is 33.9 Å². The van der Waals surface area contributed by atoms with E-state index in [2.05, 4.69) is 25.3 Å². The van der Waals surface area contributed by atoms with Crippen molar-refractivity contribution < 1.29 is 27.5 Å². The number of unbranched alkanes of at least 4 members (excludes halogenated alkanes) is 2. The Balaban J connectivity index is 2.81. The summed E-state index contributed by atoms with van der Waals surface area (Å²) in [5.74, 6) is 1.01. The van der Waals surface area contributed by atoms with Gasteiger partial charge in [-0.3, -0.25) is 9.05 Å². The number of phosphoric ester groups is 1. The topological polar surface area (TPSA) is 47.8 Å². The number of hydrogen-bond donors (Lipinski definition) is 0. The molecule has 7 heteroatoms. The first kappa shape index (κ1) is 19.8. The minimum Gasteiger partial charge on any atom is -0.284 e. The molecule has 0 aromatic carbocycles. The molecule has 2 atom stereocenters. The SMILES string of the molecule is CCCCOP(=O)(OCCCC)O[N+]1(C)CC(C)[N+](C)=C1C. The van der Waals surface area contributed by atoms with Crippen LogP contribution in [0.4, 0.5) is 0 Å². The molecule has 1 heterocycles. The zero-order valence-corrected chi connectivity index (χ0v) is 15.9. The van der Waals surface area contributed by atoms with Gasteiger partial charge in [-0.25, -0.2) is 4.57 Å². The fourth-order valence-electron chi connectivity index (χ4n) is 2.45. The molecular weight excluding hydrogens is 303 g/mol. The Hall–Kier alpha value is -0.260. The molecule has 0 saturated carbocycles. The number of hydrogen-bond acceptors (Lipinski definition) is 4. The van der Waals surface area contributed by atoms with E-state index in [4.69, 9.17) is 13.7 Å². The van der Waals surface area contributed by atoms with E-state index < -0.39 is 7.82 Å². The van der Waals surface area contributed by atoms with Crippen molar-refractivity contribution in [3.8, 4) is 0 Å². The van der Waals surface area contributed by atoms with Gasteiger partial charge >= 0.3 is 13.7 Å². The van der Waals surface area contributed by atoms with Crippen LogP contribution in [0.25, 0.3) is 0 Å². The average Bonchev–Trinajstić information content (AvgIpc) is 2.63. The maximum absolute atomic E-state index is 13.0. The van der Waals surface area contributed by atoms with Crippen molar-refractivity contribution in [1.29, 1.82) is 0 Å². The van der Waals surface area contributed by atoms with Crippen LogP contribution in [0, 0.1) is 0 Å². The van der Waals surface area contributed by atoms with E-state index in [-0.39, 0.29) is 4.65 Å². The van der Waals surface area contributed by atoms with Crippen molar-refractivity contribution in [2.24, 2.45) is 0 Å². The van der Waals surface area contributed by atoms with Gasteiger partial charge in [-0.15, -0.1) is 0 Å². The third-order valence-corrected chi connectivity index (χ3v) is 5.80. The van der Waals surface area contributed by atoms with Gasteiger partial charge in [0.25, 0.3) is 0 Å². The molecule has 1 rings (SSSR count). The summed E-state index contributed by atoms with van der Waals surface area (Å²) in [7, 11) is 0.374. The summed E-state index contributed by atoms with van der Waals surface area (Å²) in [5, 5.41) is 0. The third-order valence-electron chi connectivity index (χ3n) is 4.24. The van der Waals surface area contributed by atoms with Crippen LogP contribution in [-0.4, -0.2) is 55.0 Å². The molecule has 6 nitrogen and oxygen atoms in total. The molecule has 2 unspecified atom stereocenters. The lowest BCUT2D eigenvalue weighted by Gasteiger charge is -2.26. The predicted molar refractivity (Wildman–Crippen MR) is 87.8 cm³/mol. The highest BCUT2D eigenvalue weighted by Gasteiger charge is 2.52. The fraction of sp³-hybridized carbons (Fsp3) is 0.933. The summed E-state index contributed by atoms with van der Waals surface area (Å²) in [6, 6.07) is 0.324. The van der Waals surface area contributed by atoms with Gasteiger partial charge in [0.05, 0.1) is 20.1 Å². The van der Waals surface area contributed by atoms with Crippen LogP contribution in [0.2, 0.25) is 0 Å². The molecule has 130 valence electrons. The molecule has 0 spiro atoms. The van der Waals surface area contributed by atoms with Crippen molar-refractivity contribution in [2.45, 2.75) is 59.4 Å². The lowest BCUT2D eigenvalue weighted by atomic mass is 10.3. The molecule has 0 amide bonds. The van der Waals surface area contributed by atoms with Gasteiger partial charge < -0.3 is 0 Å². The second-order valence-electron chi connectivity index (χ2n) is 6.19. The molecule has 0 fully saturated rings. The molecule has 0 aromatic rings. The zero-order chi connectivity index (χ0) is 16.8. The first-order valence-corrected chi connectivity index (χ1v) is 9.77. The van der Waals surface area contributed by atoms with Gasteiger partial charge in [-0.2, -0.15) is 4.58 Å². The second-order valence-corrected chi connectivity index (χ2v) is 7.77. The normalized spacial score (nSPS) is 26.0. The van der Waals surface area contributed by atoms with E-state index in [1.165, 1.54) is 0 Å². The number of quaternary nitrogens is 1. The Kier molecular flexibility index (Phi) is 7.69. The molecular formula is C15H33N2O4P+2. The van der Waals surface area contributed by atoms with Crippen LogP contribution in [0.15, 0.2) is 0 Å². The highest BCUT2D eigenvalue weighted by Crippen LogP contribution is 2.52. The first-order chi connectivity index (χ1) is 10.3. The Morgan fingerprint density at radius 2 is 1.73 bits per heavy atom. The highest BCUT2D eigenvalue weighted by molar-refractivity contribution is 7.48. The Labute approximate surface area is 135 Å². The van der Waals surface area contributed by atoms with Gasteiger partial charge in [0.2, 0.25) is 6.04 Å². The van der Waals surface area contributed by atoms with E-state index >= 15 is 0 Å². The van der Waals surface area contributed by atoms with Crippen LogP contribution in [-0.2, 0) is 18.2 Å². The fourth-order valence-corrected chi connectivity index (χ4v) is 3.95. The molecule has 0 bridgehead atoms. The maximum atomic E-state index is 13.0. The Bertz CT molecular complexity index is 427. The predicted octanol–water partition coefficient (Wildman–Crippen LogP) is 3.57. The highest BCUT2D eigenvalue weighted by atomic mass is 31.2. The minimum absolute atomic E-state index is 0.146. The summed E-state index contributed by atoms with van der Waals surface area (Å²) in [4.78, 5) is 0. The van der Waals surface area contributed by atoms with E-state index in [0.29, 0.717) is 19.3 Å². The monoisotopic (exact) mass is 336 g/mol. The summed E-state index contributed by atoms with van der Waals surface area (Å²) in [5.41, 5.74) is 0. The number of likely N-dealkylation sites (N-methyl/N-ethyl adjacent to an activating group) is 2. The van der Waals surface area contributed by atoms with Crippen molar-refractivity contribution >= 4 is 13.7 Å². The smallest absolute Gasteiger partial charge is 0.284 e. The summed E-state index contributed by atoms with van der Waals surface area (Å²) >= 11 is 0. The number of nitrogens with zero attached hydrogens (tertiary/aromatic N) is 2. The summed E-state index contributed by atoms with van der Waals surface area (Å²) in [6.07, 6.45) is 3.64. The third kappa shape index (κ3) is 5.14. The van der Waals surface area contributed by atoms with E-state index in [1.54, 1.807) is 0 Å². The van der Waals surface area contributed by atoms with Crippen LogP contribution in [0.5, 0.6) is 0 Å².